The summed E-state index contributed by atoms with van der Waals surface area (Å²) in [7, 11) is 4.55. The Hall–Kier alpha value is -2.87. The van der Waals surface area contributed by atoms with Crippen LogP contribution in [0.3, 0.4) is 0 Å². The van der Waals surface area contributed by atoms with Crippen LogP contribution in [0.2, 0.25) is 0 Å². The molecule has 2 atom stereocenters. The van der Waals surface area contributed by atoms with Gasteiger partial charge in [-0.3, -0.25) is 4.79 Å². The largest absolute Gasteiger partial charge is 0.497 e. The second-order valence-electron chi connectivity index (χ2n) is 6.09. The van der Waals surface area contributed by atoms with E-state index < -0.39 is 23.3 Å². The minimum Gasteiger partial charge on any atom is -0.497 e. The van der Waals surface area contributed by atoms with E-state index in [1.807, 2.05) is 12.1 Å². The number of aliphatic carboxylic acids is 1. The van der Waals surface area contributed by atoms with Crippen LogP contribution < -0.4 is 14.2 Å². The Morgan fingerprint density at radius 2 is 1.64 bits per heavy atom. The maximum absolute atomic E-state index is 13.4. The molecule has 148 valence electrons. The van der Waals surface area contributed by atoms with Crippen LogP contribution in [0.25, 0.3) is 0 Å². The molecule has 1 heterocycles. The van der Waals surface area contributed by atoms with Crippen molar-refractivity contribution in [2.24, 2.45) is 0 Å². The van der Waals surface area contributed by atoms with Crippen molar-refractivity contribution in [3.8, 4) is 17.2 Å². The molecule has 1 aliphatic rings. The van der Waals surface area contributed by atoms with Crippen LogP contribution in [0.4, 0.5) is 0 Å². The molecule has 2 unspecified atom stereocenters. The molecule has 1 fully saturated rings. The van der Waals surface area contributed by atoms with Gasteiger partial charge in [-0.2, -0.15) is 0 Å². The van der Waals surface area contributed by atoms with Gasteiger partial charge in [-0.1, -0.05) is 12.1 Å². The fourth-order valence-electron chi connectivity index (χ4n) is 3.08. The Morgan fingerprint density at radius 1 is 1.00 bits per heavy atom. The van der Waals surface area contributed by atoms with Crippen molar-refractivity contribution in [2.75, 3.05) is 27.1 Å². The van der Waals surface area contributed by atoms with E-state index in [9.17, 15) is 14.7 Å². The van der Waals surface area contributed by atoms with Crippen molar-refractivity contribution in [3.63, 3.8) is 0 Å². The van der Waals surface area contributed by atoms with Gasteiger partial charge in [-0.25, -0.2) is 4.79 Å². The van der Waals surface area contributed by atoms with Gasteiger partial charge in [0.1, 0.15) is 28.7 Å². The van der Waals surface area contributed by atoms with E-state index in [1.165, 1.54) is 30.9 Å². The van der Waals surface area contributed by atoms with Crippen LogP contribution in [0.15, 0.2) is 42.5 Å². The third kappa shape index (κ3) is 3.73. The molecule has 0 saturated carbocycles. The number of hydrogen-bond donors (Lipinski definition) is 1. The highest BCUT2D eigenvalue weighted by Gasteiger charge is 2.43. The van der Waals surface area contributed by atoms with Crippen LogP contribution in [0.5, 0.6) is 17.2 Å². The Labute approximate surface area is 167 Å². The molecule has 1 saturated heterocycles. The summed E-state index contributed by atoms with van der Waals surface area (Å²) in [5.74, 6) is 0.429. The number of carbonyl (C=O) groups is 2. The van der Waals surface area contributed by atoms with E-state index in [1.54, 1.807) is 37.4 Å². The maximum Gasteiger partial charge on any atom is 0.327 e. The predicted octanol–water partition coefficient (Wildman–Crippen LogP) is 3.05. The van der Waals surface area contributed by atoms with E-state index in [2.05, 4.69) is 0 Å². The summed E-state index contributed by atoms with van der Waals surface area (Å²) < 4.78 is 15.7. The molecular formula is C20H21NO6S. The summed E-state index contributed by atoms with van der Waals surface area (Å²) in [4.78, 5) is 26.6. The quantitative estimate of drug-likeness (QED) is 0.793. The molecule has 1 aliphatic heterocycles. The van der Waals surface area contributed by atoms with Gasteiger partial charge in [0.25, 0.3) is 5.91 Å². The molecule has 0 spiro atoms. The average Bonchev–Trinajstić information content (AvgIpc) is 3.18. The lowest BCUT2D eigenvalue weighted by Gasteiger charge is -2.28. The van der Waals surface area contributed by atoms with E-state index >= 15 is 0 Å². The lowest BCUT2D eigenvalue weighted by molar-refractivity contribution is -0.141. The number of amides is 1. The van der Waals surface area contributed by atoms with Crippen molar-refractivity contribution in [2.45, 2.75) is 11.4 Å². The smallest absolute Gasteiger partial charge is 0.327 e. The van der Waals surface area contributed by atoms with Gasteiger partial charge in [0.2, 0.25) is 0 Å². The SMILES string of the molecule is COc1ccc(C2SCC(C(=O)O)N2C(=O)c2ccc(OC)cc2OC)cc1. The lowest BCUT2D eigenvalue weighted by Crippen LogP contribution is -2.43. The minimum absolute atomic E-state index is 0.288. The van der Waals surface area contributed by atoms with Gasteiger partial charge in [-0.15, -0.1) is 11.8 Å². The van der Waals surface area contributed by atoms with E-state index in [-0.39, 0.29) is 5.56 Å². The standard InChI is InChI=1S/C20H21NO6S/c1-25-13-6-4-12(5-7-13)19-21(16(11-28-19)20(23)24)18(22)15-9-8-14(26-2)10-17(15)27-3/h4-10,16,19H,11H2,1-3H3,(H,23,24). The molecule has 28 heavy (non-hydrogen) atoms. The first kappa shape index (κ1) is 19.9. The number of carboxylic acid groups (broad SMARTS) is 1. The fraction of sp³-hybridized carbons (Fsp3) is 0.300. The normalized spacial score (nSPS) is 18.6. The predicted molar refractivity (Wildman–Crippen MR) is 105 cm³/mol. The number of ether oxygens (including phenoxy) is 3. The number of rotatable bonds is 6. The molecule has 0 radical (unpaired) electrons. The number of nitrogens with zero attached hydrogens (tertiary/aromatic N) is 1. The Balaban J connectivity index is 2.00. The Kier molecular flexibility index (Phi) is 5.99. The van der Waals surface area contributed by atoms with E-state index in [4.69, 9.17) is 14.2 Å². The summed E-state index contributed by atoms with van der Waals surface area (Å²) in [5, 5.41) is 9.23. The first-order chi connectivity index (χ1) is 13.5. The summed E-state index contributed by atoms with van der Waals surface area (Å²) >= 11 is 1.42. The second-order valence-corrected chi connectivity index (χ2v) is 7.20. The van der Waals surface area contributed by atoms with E-state index in [0.29, 0.717) is 23.0 Å². The number of hydrogen-bond acceptors (Lipinski definition) is 6. The van der Waals surface area contributed by atoms with Gasteiger partial charge in [0.15, 0.2) is 0 Å². The summed E-state index contributed by atoms with van der Waals surface area (Å²) in [6, 6.07) is 11.2. The topological polar surface area (TPSA) is 85.3 Å². The number of methoxy groups -OCH3 is 3. The summed E-state index contributed by atoms with van der Waals surface area (Å²) in [6.07, 6.45) is 0. The number of thioether (sulfide) groups is 1. The highest BCUT2D eigenvalue weighted by molar-refractivity contribution is 7.99. The van der Waals surface area contributed by atoms with Gasteiger partial charge in [0.05, 0.1) is 26.9 Å². The zero-order valence-electron chi connectivity index (χ0n) is 15.7. The number of carbonyl (C=O) groups excluding carboxylic acids is 1. The van der Waals surface area contributed by atoms with Gasteiger partial charge in [-0.05, 0) is 29.8 Å². The van der Waals surface area contributed by atoms with Crippen LogP contribution in [-0.4, -0.2) is 55.0 Å². The summed E-state index contributed by atoms with van der Waals surface area (Å²) in [5.41, 5.74) is 1.12. The van der Waals surface area contributed by atoms with Crippen molar-refractivity contribution in [1.29, 1.82) is 0 Å². The first-order valence-electron chi connectivity index (χ1n) is 8.53. The van der Waals surface area contributed by atoms with Gasteiger partial charge in [0, 0.05) is 11.8 Å². The lowest BCUT2D eigenvalue weighted by atomic mass is 10.1. The van der Waals surface area contributed by atoms with Gasteiger partial charge >= 0.3 is 5.97 Å². The molecule has 0 bridgehead atoms. The third-order valence-corrected chi connectivity index (χ3v) is 5.88. The van der Waals surface area contributed by atoms with Crippen molar-refractivity contribution in [1.82, 2.24) is 4.90 Å². The average molecular weight is 403 g/mol. The fourth-order valence-corrected chi connectivity index (χ4v) is 4.50. The highest BCUT2D eigenvalue weighted by Crippen LogP contribution is 2.43. The monoisotopic (exact) mass is 403 g/mol. The molecule has 2 aromatic rings. The van der Waals surface area contributed by atoms with Crippen LogP contribution in [0, 0.1) is 0 Å². The second kappa shape index (κ2) is 8.43. The summed E-state index contributed by atoms with van der Waals surface area (Å²) in [6.45, 7) is 0. The van der Waals surface area contributed by atoms with Crippen LogP contribution in [0.1, 0.15) is 21.3 Å². The molecule has 1 amide bonds. The molecule has 2 aromatic carbocycles. The number of benzene rings is 2. The molecule has 3 rings (SSSR count). The molecule has 0 aromatic heterocycles. The zero-order valence-corrected chi connectivity index (χ0v) is 16.6. The molecule has 0 aliphatic carbocycles. The van der Waals surface area contributed by atoms with Crippen LogP contribution in [-0.2, 0) is 4.79 Å². The third-order valence-electron chi connectivity index (χ3n) is 4.56. The van der Waals surface area contributed by atoms with E-state index in [0.717, 1.165) is 5.56 Å². The Morgan fingerprint density at radius 3 is 2.21 bits per heavy atom. The molecular weight excluding hydrogens is 382 g/mol. The van der Waals surface area contributed by atoms with Gasteiger partial charge < -0.3 is 24.2 Å². The molecule has 1 N–H and O–H groups in total. The van der Waals surface area contributed by atoms with Crippen LogP contribution >= 0.6 is 11.8 Å². The molecule has 7 nitrogen and oxygen atoms in total. The Bertz CT molecular complexity index is 869. The van der Waals surface area contributed by atoms with Crippen molar-refractivity contribution >= 4 is 23.6 Å². The van der Waals surface area contributed by atoms with Crippen molar-refractivity contribution < 1.29 is 28.9 Å². The minimum atomic E-state index is -1.04. The maximum atomic E-state index is 13.4. The number of carboxylic acids is 1. The molecule has 8 heteroatoms. The zero-order chi connectivity index (χ0) is 20.3. The highest BCUT2D eigenvalue weighted by atomic mass is 32.2. The first-order valence-corrected chi connectivity index (χ1v) is 9.58. The van der Waals surface area contributed by atoms with Crippen molar-refractivity contribution in [3.05, 3.63) is 53.6 Å².